The molecule has 1 atom stereocenters. The molecule has 37 heavy (non-hydrogen) atoms. The summed E-state index contributed by atoms with van der Waals surface area (Å²) >= 11 is 0. The Morgan fingerprint density at radius 1 is 1.03 bits per heavy atom. The van der Waals surface area contributed by atoms with Crippen LogP contribution in [0.15, 0.2) is 59.8 Å². The summed E-state index contributed by atoms with van der Waals surface area (Å²) in [7, 11) is 3.21. The van der Waals surface area contributed by atoms with Gasteiger partial charge in [-0.2, -0.15) is 5.10 Å². The van der Waals surface area contributed by atoms with Gasteiger partial charge < -0.3 is 19.2 Å². The number of methoxy groups -OCH3 is 2. The first kappa shape index (κ1) is 24.7. The largest absolute Gasteiger partial charge is 0.493 e. The van der Waals surface area contributed by atoms with Crippen molar-refractivity contribution in [1.82, 2.24) is 14.9 Å². The summed E-state index contributed by atoms with van der Waals surface area (Å²) in [5.74, 6) is 1.25. The average Bonchev–Trinajstić information content (AvgIpc) is 3.21. The molecule has 0 aliphatic carbocycles. The van der Waals surface area contributed by atoms with Gasteiger partial charge in [0.1, 0.15) is 12.3 Å². The Balaban J connectivity index is 1.36. The van der Waals surface area contributed by atoms with Gasteiger partial charge in [0, 0.05) is 35.7 Å². The summed E-state index contributed by atoms with van der Waals surface area (Å²) in [6, 6.07) is 14.9. The predicted molar refractivity (Wildman–Crippen MR) is 142 cm³/mol. The van der Waals surface area contributed by atoms with Gasteiger partial charge in [-0.05, 0) is 43.2 Å². The molecule has 1 saturated heterocycles. The Bertz CT molecular complexity index is 1360. The van der Waals surface area contributed by atoms with Gasteiger partial charge >= 0.3 is 0 Å². The number of fused-ring (bicyclic) bond motifs is 1. The van der Waals surface area contributed by atoms with Gasteiger partial charge in [-0.1, -0.05) is 32.0 Å². The number of ether oxygens (including phenoxy) is 2. The van der Waals surface area contributed by atoms with E-state index in [1.54, 1.807) is 20.4 Å². The number of pyridine rings is 1. The number of rotatable bonds is 6. The highest BCUT2D eigenvalue weighted by Crippen LogP contribution is 2.40. The molecule has 3 heterocycles. The van der Waals surface area contributed by atoms with Crippen molar-refractivity contribution in [2.24, 2.45) is 10.5 Å². The Kier molecular flexibility index (Phi) is 6.58. The molecule has 2 aliphatic heterocycles. The summed E-state index contributed by atoms with van der Waals surface area (Å²) in [6.07, 6.45) is 4.17. The minimum Gasteiger partial charge on any atom is -0.493 e. The predicted octanol–water partition coefficient (Wildman–Crippen LogP) is 4.17. The quantitative estimate of drug-likeness (QED) is 0.473. The summed E-state index contributed by atoms with van der Waals surface area (Å²) in [5.41, 5.74) is 2.59. The first-order valence-electron chi connectivity index (χ1n) is 12.6. The van der Waals surface area contributed by atoms with Crippen LogP contribution in [-0.4, -0.2) is 72.2 Å². The van der Waals surface area contributed by atoms with Crippen molar-refractivity contribution in [2.75, 3.05) is 27.3 Å². The second kappa shape index (κ2) is 9.84. The fourth-order valence-electron chi connectivity index (χ4n) is 5.51. The molecule has 5 rings (SSSR count). The molecule has 0 N–H and O–H groups in total. The normalized spacial score (nSPS) is 19.6. The number of amides is 1. The number of likely N-dealkylation sites (tertiary alicyclic amines) is 1. The van der Waals surface area contributed by atoms with E-state index in [1.807, 2.05) is 72.3 Å². The molecule has 3 aromatic rings. The van der Waals surface area contributed by atoms with Crippen LogP contribution in [0.5, 0.6) is 11.5 Å². The third-order valence-corrected chi connectivity index (χ3v) is 7.63. The van der Waals surface area contributed by atoms with Gasteiger partial charge in [0.25, 0.3) is 5.91 Å². The van der Waals surface area contributed by atoms with Crippen molar-refractivity contribution in [1.29, 1.82) is 0 Å². The van der Waals surface area contributed by atoms with Crippen LogP contribution in [0.1, 0.15) is 42.6 Å². The first-order chi connectivity index (χ1) is 17.9. The van der Waals surface area contributed by atoms with Crippen molar-refractivity contribution in [3.63, 3.8) is 0 Å². The number of hydrazone groups is 1. The molecule has 1 amide bonds. The number of aldehydes is 1. The molecular formula is C29H32N4O4. The van der Waals surface area contributed by atoms with Gasteiger partial charge in [0.2, 0.25) is 0 Å². The number of piperidine rings is 1. The first-order valence-corrected chi connectivity index (χ1v) is 12.6. The number of hydrogen-bond acceptors (Lipinski definition) is 7. The summed E-state index contributed by atoms with van der Waals surface area (Å²) in [5, 5.41) is 7.91. The number of aromatic nitrogens is 1. The Labute approximate surface area is 216 Å². The molecule has 0 spiro atoms. The lowest BCUT2D eigenvalue weighted by molar-refractivity contribution is -0.115. The van der Waals surface area contributed by atoms with E-state index >= 15 is 0 Å². The highest BCUT2D eigenvalue weighted by Gasteiger charge is 2.47. The van der Waals surface area contributed by atoms with Crippen LogP contribution in [0.4, 0.5) is 0 Å². The molecule has 1 unspecified atom stereocenters. The van der Waals surface area contributed by atoms with Crippen molar-refractivity contribution >= 4 is 28.8 Å². The third-order valence-electron chi connectivity index (χ3n) is 7.63. The topological polar surface area (TPSA) is 84.3 Å². The summed E-state index contributed by atoms with van der Waals surface area (Å²) in [4.78, 5) is 32.0. The van der Waals surface area contributed by atoms with E-state index < -0.39 is 11.5 Å². The smallest absolute Gasteiger partial charge is 0.256 e. The van der Waals surface area contributed by atoms with Crippen LogP contribution in [-0.2, 0) is 4.79 Å². The molecule has 8 nitrogen and oxygen atoms in total. The van der Waals surface area contributed by atoms with Crippen molar-refractivity contribution < 1.29 is 19.1 Å². The zero-order chi connectivity index (χ0) is 26.2. The summed E-state index contributed by atoms with van der Waals surface area (Å²) in [6.45, 7) is 5.29. The van der Waals surface area contributed by atoms with Crippen molar-refractivity contribution in [2.45, 2.75) is 38.8 Å². The van der Waals surface area contributed by atoms with E-state index in [1.165, 1.54) is 0 Å². The molecule has 8 heteroatoms. The maximum absolute atomic E-state index is 13.4. The molecule has 0 bridgehead atoms. The van der Waals surface area contributed by atoms with Crippen molar-refractivity contribution in [3.05, 3.63) is 65.9 Å². The molecular weight excluding hydrogens is 468 g/mol. The maximum Gasteiger partial charge on any atom is 0.256 e. The monoisotopic (exact) mass is 500 g/mol. The highest BCUT2D eigenvalue weighted by molar-refractivity contribution is 6.08. The second-order valence-corrected chi connectivity index (χ2v) is 10.1. The minimum atomic E-state index is -0.497. The number of nitrogens with zero attached hydrogens (tertiary/aromatic N) is 4. The van der Waals surface area contributed by atoms with E-state index in [-0.39, 0.29) is 11.9 Å². The van der Waals surface area contributed by atoms with E-state index in [2.05, 4.69) is 4.98 Å². The van der Waals surface area contributed by atoms with Crippen LogP contribution in [0.3, 0.4) is 0 Å². The van der Waals surface area contributed by atoms with Gasteiger partial charge in [0.15, 0.2) is 11.5 Å². The SMILES string of the molecule is COc1ccc(C2=NN(C3CCN(C(=O)c4cccc5cccnc45)CC3)C(C=O)C2(C)C)cc1OC. The zero-order valence-electron chi connectivity index (χ0n) is 21.7. The summed E-state index contributed by atoms with van der Waals surface area (Å²) < 4.78 is 10.9. The number of carbonyl (C=O) groups excluding carboxylic acids is 2. The fourth-order valence-corrected chi connectivity index (χ4v) is 5.51. The molecule has 0 radical (unpaired) electrons. The Morgan fingerprint density at radius 3 is 2.46 bits per heavy atom. The van der Waals surface area contributed by atoms with E-state index in [0.29, 0.717) is 30.2 Å². The lowest BCUT2D eigenvalue weighted by Crippen LogP contribution is -2.50. The van der Waals surface area contributed by atoms with Crippen molar-refractivity contribution in [3.8, 4) is 11.5 Å². The number of carbonyl (C=O) groups is 2. The zero-order valence-corrected chi connectivity index (χ0v) is 21.7. The molecule has 0 saturated carbocycles. The minimum absolute atomic E-state index is 0.00837. The lowest BCUT2D eigenvalue weighted by Gasteiger charge is -2.39. The standard InChI is InChI=1S/C29H32N4O4/c1-29(2)25(18-34)33(31-27(29)20-10-11-23(36-3)24(17-20)37-4)21-12-15-32(16-13-21)28(35)22-9-5-7-19-8-6-14-30-26(19)22/h5-11,14,17-18,21,25H,12-13,15-16H2,1-4H3. The Morgan fingerprint density at radius 2 is 1.76 bits per heavy atom. The Hall–Kier alpha value is -3.94. The van der Waals surface area contributed by atoms with Gasteiger partial charge in [-0.15, -0.1) is 0 Å². The number of para-hydroxylation sites is 1. The molecule has 192 valence electrons. The fraction of sp³-hybridized carbons (Fsp3) is 0.379. The highest BCUT2D eigenvalue weighted by atomic mass is 16.5. The number of benzene rings is 2. The van der Waals surface area contributed by atoms with E-state index in [0.717, 1.165) is 41.3 Å². The lowest BCUT2D eigenvalue weighted by atomic mass is 9.78. The molecule has 1 aromatic heterocycles. The third kappa shape index (κ3) is 4.30. The van der Waals surface area contributed by atoms with E-state index in [4.69, 9.17) is 14.6 Å². The van der Waals surface area contributed by atoms with Gasteiger partial charge in [0.05, 0.1) is 37.1 Å². The van der Waals surface area contributed by atoms with Crippen LogP contribution in [0.25, 0.3) is 10.9 Å². The van der Waals surface area contributed by atoms with Gasteiger partial charge in [-0.3, -0.25) is 14.8 Å². The second-order valence-electron chi connectivity index (χ2n) is 10.1. The van der Waals surface area contributed by atoms with E-state index in [9.17, 15) is 9.59 Å². The van der Waals surface area contributed by atoms with Crippen LogP contribution >= 0.6 is 0 Å². The average molecular weight is 501 g/mol. The van der Waals surface area contributed by atoms with Gasteiger partial charge in [-0.25, -0.2) is 0 Å². The molecule has 2 aromatic carbocycles. The van der Waals surface area contributed by atoms with Crippen LogP contribution in [0.2, 0.25) is 0 Å². The molecule has 1 fully saturated rings. The number of hydrogen-bond donors (Lipinski definition) is 0. The maximum atomic E-state index is 13.4. The molecule has 2 aliphatic rings. The van der Waals surface area contributed by atoms with Crippen LogP contribution in [0, 0.1) is 5.41 Å². The van der Waals surface area contributed by atoms with Crippen LogP contribution < -0.4 is 9.47 Å².